The Hall–Kier alpha value is -1.06. The minimum absolute atomic E-state index is 0.448. The molecule has 0 spiro atoms. The van der Waals surface area contributed by atoms with Crippen LogP contribution >= 0.6 is 0 Å². The predicted octanol–water partition coefficient (Wildman–Crippen LogP) is 1.58. The van der Waals surface area contributed by atoms with Gasteiger partial charge >= 0.3 is 0 Å². The van der Waals surface area contributed by atoms with Crippen molar-refractivity contribution in [1.29, 1.82) is 0 Å². The first-order chi connectivity index (χ1) is 7.70. The van der Waals surface area contributed by atoms with Gasteiger partial charge in [-0.25, -0.2) is 0 Å². The smallest absolute Gasteiger partial charge is 0.121 e. The number of methoxy groups -OCH3 is 1. The van der Waals surface area contributed by atoms with Crippen LogP contribution in [0, 0.1) is 6.92 Å². The molecular formula is C13H20N2O. The van der Waals surface area contributed by atoms with Gasteiger partial charge in [0, 0.05) is 25.7 Å². The van der Waals surface area contributed by atoms with Crippen LogP contribution in [0.2, 0.25) is 0 Å². The lowest BCUT2D eigenvalue weighted by Gasteiger charge is -2.31. The summed E-state index contributed by atoms with van der Waals surface area (Å²) < 4.78 is 5.28. The summed E-state index contributed by atoms with van der Waals surface area (Å²) in [5.41, 5.74) is 2.56. The van der Waals surface area contributed by atoms with Crippen LogP contribution in [0.15, 0.2) is 18.2 Å². The minimum atomic E-state index is 0.448. The molecule has 1 aromatic rings. The van der Waals surface area contributed by atoms with Crippen molar-refractivity contribution in [1.82, 2.24) is 10.2 Å². The molecule has 1 N–H and O–H groups in total. The van der Waals surface area contributed by atoms with Gasteiger partial charge in [0.2, 0.25) is 0 Å². The van der Waals surface area contributed by atoms with Gasteiger partial charge in [-0.3, -0.25) is 0 Å². The SMILES string of the molecule is COc1ccc(C2CN(C)CCN2)cc1C. The maximum atomic E-state index is 5.28. The number of benzene rings is 1. The Morgan fingerprint density at radius 3 is 2.88 bits per heavy atom. The molecule has 0 radical (unpaired) electrons. The molecule has 0 bridgehead atoms. The fourth-order valence-corrected chi connectivity index (χ4v) is 2.24. The average molecular weight is 220 g/mol. The number of nitrogens with zero attached hydrogens (tertiary/aromatic N) is 1. The Morgan fingerprint density at radius 2 is 2.25 bits per heavy atom. The fourth-order valence-electron chi connectivity index (χ4n) is 2.24. The Labute approximate surface area is 97.4 Å². The van der Waals surface area contributed by atoms with Crippen molar-refractivity contribution < 1.29 is 4.74 Å². The number of ether oxygens (including phenoxy) is 1. The molecule has 3 heteroatoms. The number of rotatable bonds is 2. The molecule has 88 valence electrons. The molecule has 1 aliphatic heterocycles. The summed E-state index contributed by atoms with van der Waals surface area (Å²) in [4.78, 5) is 2.36. The Balaban J connectivity index is 2.17. The van der Waals surface area contributed by atoms with E-state index in [2.05, 4.69) is 42.4 Å². The zero-order valence-corrected chi connectivity index (χ0v) is 10.3. The number of aryl methyl sites for hydroxylation is 1. The van der Waals surface area contributed by atoms with Crippen LogP contribution in [0.1, 0.15) is 17.2 Å². The van der Waals surface area contributed by atoms with E-state index in [1.165, 1.54) is 11.1 Å². The van der Waals surface area contributed by atoms with Crippen molar-refractivity contribution in [2.75, 3.05) is 33.8 Å². The summed E-state index contributed by atoms with van der Waals surface area (Å²) in [6.45, 7) is 5.36. The predicted molar refractivity (Wildman–Crippen MR) is 66.0 cm³/mol. The quantitative estimate of drug-likeness (QED) is 0.819. The molecule has 1 heterocycles. The third kappa shape index (κ3) is 2.36. The van der Waals surface area contributed by atoms with Crippen molar-refractivity contribution in [3.63, 3.8) is 0 Å². The molecule has 1 aromatic carbocycles. The summed E-state index contributed by atoms with van der Waals surface area (Å²) >= 11 is 0. The van der Waals surface area contributed by atoms with E-state index in [0.29, 0.717) is 6.04 Å². The first-order valence-corrected chi connectivity index (χ1v) is 5.77. The molecule has 3 nitrogen and oxygen atoms in total. The average Bonchev–Trinajstić information content (AvgIpc) is 2.29. The molecule has 1 atom stereocenters. The van der Waals surface area contributed by atoms with Crippen molar-refractivity contribution in [3.8, 4) is 5.75 Å². The van der Waals surface area contributed by atoms with Gasteiger partial charge in [-0.1, -0.05) is 12.1 Å². The molecule has 1 unspecified atom stereocenters. The molecule has 16 heavy (non-hydrogen) atoms. The van der Waals surface area contributed by atoms with Crippen LogP contribution < -0.4 is 10.1 Å². The lowest BCUT2D eigenvalue weighted by atomic mass is 10.0. The van der Waals surface area contributed by atoms with E-state index in [4.69, 9.17) is 4.74 Å². The monoisotopic (exact) mass is 220 g/mol. The summed E-state index contributed by atoms with van der Waals surface area (Å²) in [7, 11) is 3.89. The van der Waals surface area contributed by atoms with Gasteiger partial charge in [-0.05, 0) is 31.2 Å². The van der Waals surface area contributed by atoms with Gasteiger partial charge in [-0.15, -0.1) is 0 Å². The van der Waals surface area contributed by atoms with E-state index in [9.17, 15) is 0 Å². The molecule has 2 rings (SSSR count). The molecule has 0 aliphatic carbocycles. The number of piperazine rings is 1. The third-order valence-electron chi connectivity index (χ3n) is 3.20. The van der Waals surface area contributed by atoms with E-state index in [-0.39, 0.29) is 0 Å². The maximum absolute atomic E-state index is 5.28. The van der Waals surface area contributed by atoms with Gasteiger partial charge in [0.05, 0.1) is 7.11 Å². The van der Waals surface area contributed by atoms with E-state index < -0.39 is 0 Å². The van der Waals surface area contributed by atoms with Crippen LogP contribution in [0.4, 0.5) is 0 Å². The molecule has 0 saturated carbocycles. The number of nitrogens with one attached hydrogen (secondary N) is 1. The summed E-state index contributed by atoms with van der Waals surface area (Å²) in [5, 5.41) is 3.55. The first-order valence-electron chi connectivity index (χ1n) is 5.77. The zero-order chi connectivity index (χ0) is 11.5. The van der Waals surface area contributed by atoms with E-state index >= 15 is 0 Å². The largest absolute Gasteiger partial charge is 0.496 e. The number of likely N-dealkylation sites (N-methyl/N-ethyl adjacent to an activating group) is 1. The van der Waals surface area contributed by atoms with Crippen molar-refractivity contribution >= 4 is 0 Å². The topological polar surface area (TPSA) is 24.5 Å². The normalized spacial score (nSPS) is 22.1. The van der Waals surface area contributed by atoms with E-state index in [0.717, 1.165) is 25.4 Å². The summed E-state index contributed by atoms with van der Waals surface area (Å²) in [6, 6.07) is 6.88. The molecule has 1 fully saturated rings. The van der Waals surface area contributed by atoms with Crippen LogP contribution in [-0.4, -0.2) is 38.7 Å². The maximum Gasteiger partial charge on any atom is 0.121 e. The van der Waals surface area contributed by atoms with Crippen LogP contribution in [0.3, 0.4) is 0 Å². The molecule has 0 amide bonds. The standard InChI is InChI=1S/C13H20N2O/c1-10-8-11(4-5-13(10)16-3)12-9-15(2)7-6-14-12/h4-5,8,12,14H,6-7,9H2,1-3H3. The summed E-state index contributed by atoms with van der Waals surface area (Å²) in [6.07, 6.45) is 0. The second-order valence-electron chi connectivity index (χ2n) is 4.50. The van der Waals surface area contributed by atoms with E-state index in [1.807, 2.05) is 0 Å². The first kappa shape index (κ1) is 11.4. The Kier molecular flexibility index (Phi) is 3.46. The Morgan fingerprint density at radius 1 is 1.44 bits per heavy atom. The lowest BCUT2D eigenvalue weighted by Crippen LogP contribution is -2.43. The van der Waals surface area contributed by atoms with Crippen LogP contribution in [0.5, 0.6) is 5.75 Å². The van der Waals surface area contributed by atoms with Crippen molar-refractivity contribution in [2.24, 2.45) is 0 Å². The number of hydrogen-bond donors (Lipinski definition) is 1. The van der Waals surface area contributed by atoms with Gasteiger partial charge in [0.1, 0.15) is 5.75 Å². The molecule has 0 aromatic heterocycles. The third-order valence-corrected chi connectivity index (χ3v) is 3.20. The van der Waals surface area contributed by atoms with Gasteiger partial charge in [0.15, 0.2) is 0 Å². The number of hydrogen-bond acceptors (Lipinski definition) is 3. The van der Waals surface area contributed by atoms with Gasteiger partial charge < -0.3 is 15.0 Å². The van der Waals surface area contributed by atoms with Crippen molar-refractivity contribution in [3.05, 3.63) is 29.3 Å². The highest BCUT2D eigenvalue weighted by molar-refractivity contribution is 5.37. The highest BCUT2D eigenvalue weighted by atomic mass is 16.5. The molecule has 1 aliphatic rings. The highest BCUT2D eigenvalue weighted by Gasteiger charge is 2.18. The lowest BCUT2D eigenvalue weighted by molar-refractivity contribution is 0.240. The highest BCUT2D eigenvalue weighted by Crippen LogP contribution is 2.23. The molecule has 1 saturated heterocycles. The second-order valence-corrected chi connectivity index (χ2v) is 4.50. The van der Waals surface area contributed by atoms with Gasteiger partial charge in [0.25, 0.3) is 0 Å². The zero-order valence-electron chi connectivity index (χ0n) is 10.3. The van der Waals surface area contributed by atoms with Crippen LogP contribution in [-0.2, 0) is 0 Å². The minimum Gasteiger partial charge on any atom is -0.496 e. The van der Waals surface area contributed by atoms with Crippen LogP contribution in [0.25, 0.3) is 0 Å². The van der Waals surface area contributed by atoms with Crippen molar-refractivity contribution in [2.45, 2.75) is 13.0 Å². The fraction of sp³-hybridized carbons (Fsp3) is 0.538. The van der Waals surface area contributed by atoms with E-state index in [1.54, 1.807) is 7.11 Å². The second kappa shape index (κ2) is 4.85. The summed E-state index contributed by atoms with van der Waals surface area (Å²) in [5.74, 6) is 0.966. The molecular weight excluding hydrogens is 200 g/mol. The van der Waals surface area contributed by atoms with Gasteiger partial charge in [-0.2, -0.15) is 0 Å². The Bertz CT molecular complexity index is 365.